The molecule has 2 aromatic rings. The highest BCUT2D eigenvalue weighted by atomic mass is 19.1. The molecular weight excluding hydrogens is 278 g/mol. The Balaban J connectivity index is 1.93. The van der Waals surface area contributed by atoms with E-state index in [1.807, 2.05) is 0 Å². The Labute approximate surface area is 132 Å². The van der Waals surface area contributed by atoms with E-state index in [0.29, 0.717) is 12.8 Å². The van der Waals surface area contributed by atoms with Gasteiger partial charge in [-0.3, -0.25) is 8.78 Å². The smallest absolute Gasteiger partial charge is 0.0894 e. The Kier molecular flexibility index (Phi) is 7.08. The second kappa shape index (κ2) is 9.34. The van der Waals surface area contributed by atoms with Crippen molar-refractivity contribution < 1.29 is 8.78 Å². The summed E-state index contributed by atoms with van der Waals surface area (Å²) in [6, 6.07) is 17.0. The second-order valence-corrected chi connectivity index (χ2v) is 5.69. The van der Waals surface area contributed by atoms with Gasteiger partial charge in [-0.15, -0.1) is 0 Å². The Morgan fingerprint density at radius 3 is 1.18 bits per heavy atom. The zero-order valence-corrected chi connectivity index (χ0v) is 13.0. The van der Waals surface area contributed by atoms with E-state index in [1.165, 1.54) is 22.3 Å². The van der Waals surface area contributed by atoms with Gasteiger partial charge in [0.15, 0.2) is 0 Å². The molecule has 0 fully saturated rings. The summed E-state index contributed by atoms with van der Waals surface area (Å²) < 4.78 is 24.2. The van der Waals surface area contributed by atoms with Crippen molar-refractivity contribution in [3.05, 3.63) is 59.7 Å². The van der Waals surface area contributed by atoms with E-state index in [2.05, 4.69) is 48.5 Å². The number of unbranched alkanes of at least 4 members (excludes halogenated alkanes) is 2. The van der Waals surface area contributed by atoms with Crippen molar-refractivity contribution in [3.63, 3.8) is 0 Å². The maximum atomic E-state index is 12.1. The number of hydrogen-bond donors (Lipinski definition) is 0. The van der Waals surface area contributed by atoms with Gasteiger partial charge in [0, 0.05) is 0 Å². The number of aryl methyl sites for hydroxylation is 2. The van der Waals surface area contributed by atoms with E-state index in [4.69, 9.17) is 0 Å². The fraction of sp³-hybridized carbons (Fsp3) is 0.400. The average Bonchev–Trinajstić information content (AvgIpc) is 2.57. The minimum absolute atomic E-state index is 0.226. The molecule has 0 amide bonds. The van der Waals surface area contributed by atoms with Crippen LogP contribution in [0.25, 0.3) is 11.1 Å². The van der Waals surface area contributed by atoms with Gasteiger partial charge in [-0.25, -0.2) is 0 Å². The predicted octanol–water partition coefficient (Wildman–Crippen LogP) is 5.94. The zero-order valence-electron chi connectivity index (χ0n) is 13.0. The molecule has 2 rings (SSSR count). The van der Waals surface area contributed by atoms with Crippen LogP contribution in [-0.2, 0) is 12.8 Å². The molecule has 0 spiro atoms. The van der Waals surface area contributed by atoms with Crippen LogP contribution in [0.15, 0.2) is 48.5 Å². The molecule has 0 unspecified atom stereocenters. The summed E-state index contributed by atoms with van der Waals surface area (Å²) in [7, 11) is 0. The predicted molar refractivity (Wildman–Crippen MR) is 89.7 cm³/mol. The van der Waals surface area contributed by atoms with Crippen LogP contribution in [0.2, 0.25) is 0 Å². The van der Waals surface area contributed by atoms with E-state index >= 15 is 0 Å². The SMILES string of the molecule is FCCCCc1ccc(-c2ccc(CCCCF)cc2)cc1. The third-order valence-corrected chi connectivity index (χ3v) is 3.94. The normalized spacial score (nSPS) is 10.8. The molecule has 0 aliphatic rings. The fourth-order valence-corrected chi connectivity index (χ4v) is 2.57. The largest absolute Gasteiger partial charge is 0.251 e. The molecule has 0 aromatic heterocycles. The van der Waals surface area contributed by atoms with Crippen molar-refractivity contribution in [3.8, 4) is 11.1 Å². The highest BCUT2D eigenvalue weighted by Gasteiger charge is 2.00. The van der Waals surface area contributed by atoms with Gasteiger partial charge in [-0.05, 0) is 60.8 Å². The van der Waals surface area contributed by atoms with Gasteiger partial charge in [-0.2, -0.15) is 0 Å². The molecule has 0 heterocycles. The molecule has 0 atom stereocenters. The molecule has 0 aliphatic carbocycles. The lowest BCUT2D eigenvalue weighted by Crippen LogP contribution is -1.88. The van der Waals surface area contributed by atoms with Crippen LogP contribution in [0.3, 0.4) is 0 Å². The third kappa shape index (κ3) is 5.25. The van der Waals surface area contributed by atoms with Gasteiger partial charge in [0.2, 0.25) is 0 Å². The van der Waals surface area contributed by atoms with Crippen molar-refractivity contribution in [2.24, 2.45) is 0 Å². The number of hydrogen-bond acceptors (Lipinski definition) is 0. The molecule has 2 aromatic carbocycles. The molecule has 0 saturated heterocycles. The molecule has 0 aliphatic heterocycles. The Hall–Kier alpha value is -1.70. The Bertz CT molecular complexity index is 477. The zero-order chi connectivity index (χ0) is 15.6. The van der Waals surface area contributed by atoms with Crippen LogP contribution in [0.4, 0.5) is 8.78 Å². The molecule has 0 saturated carbocycles. The molecular formula is C20H24F2. The first kappa shape index (κ1) is 16.7. The van der Waals surface area contributed by atoms with Crippen molar-refractivity contribution in [2.75, 3.05) is 13.3 Å². The molecule has 0 bridgehead atoms. The highest BCUT2D eigenvalue weighted by molar-refractivity contribution is 5.63. The lowest BCUT2D eigenvalue weighted by molar-refractivity contribution is 0.462. The van der Waals surface area contributed by atoms with Gasteiger partial charge >= 0.3 is 0 Å². The average molecular weight is 302 g/mol. The number of benzene rings is 2. The summed E-state index contributed by atoms with van der Waals surface area (Å²) >= 11 is 0. The quantitative estimate of drug-likeness (QED) is 0.503. The Morgan fingerprint density at radius 1 is 0.500 bits per heavy atom. The van der Waals surface area contributed by atoms with Crippen molar-refractivity contribution in [1.29, 1.82) is 0 Å². The number of rotatable bonds is 9. The van der Waals surface area contributed by atoms with Crippen LogP contribution in [0.1, 0.15) is 36.8 Å². The fourth-order valence-electron chi connectivity index (χ4n) is 2.57. The van der Waals surface area contributed by atoms with E-state index < -0.39 is 0 Å². The lowest BCUT2D eigenvalue weighted by atomic mass is 9.99. The summed E-state index contributed by atoms with van der Waals surface area (Å²) in [4.78, 5) is 0. The summed E-state index contributed by atoms with van der Waals surface area (Å²) in [6.07, 6.45) is 4.99. The van der Waals surface area contributed by atoms with Crippen molar-refractivity contribution in [1.82, 2.24) is 0 Å². The van der Waals surface area contributed by atoms with Gasteiger partial charge in [0.05, 0.1) is 13.3 Å². The maximum absolute atomic E-state index is 12.1. The molecule has 0 N–H and O–H groups in total. The van der Waals surface area contributed by atoms with E-state index in [9.17, 15) is 8.78 Å². The summed E-state index contributed by atoms with van der Waals surface area (Å²) in [5.41, 5.74) is 4.93. The minimum Gasteiger partial charge on any atom is -0.251 e. The molecule has 2 heteroatoms. The first-order valence-electron chi connectivity index (χ1n) is 8.13. The number of halogens is 2. The van der Waals surface area contributed by atoms with Crippen LogP contribution >= 0.6 is 0 Å². The van der Waals surface area contributed by atoms with E-state index in [-0.39, 0.29) is 13.3 Å². The van der Waals surface area contributed by atoms with Gasteiger partial charge in [0.25, 0.3) is 0 Å². The van der Waals surface area contributed by atoms with Crippen LogP contribution in [0.5, 0.6) is 0 Å². The lowest BCUT2D eigenvalue weighted by Gasteiger charge is -2.06. The minimum atomic E-state index is -0.226. The monoisotopic (exact) mass is 302 g/mol. The van der Waals surface area contributed by atoms with E-state index in [1.54, 1.807) is 0 Å². The van der Waals surface area contributed by atoms with Crippen LogP contribution in [0, 0.1) is 0 Å². The Morgan fingerprint density at radius 2 is 0.864 bits per heavy atom. The standard InChI is InChI=1S/C20H24F2/c21-15-3-1-5-17-7-11-19(12-8-17)20-13-9-18(10-14-20)6-2-4-16-22/h7-14H,1-6,15-16H2. The summed E-state index contributed by atoms with van der Waals surface area (Å²) in [5, 5.41) is 0. The first-order valence-corrected chi connectivity index (χ1v) is 8.13. The topological polar surface area (TPSA) is 0 Å². The van der Waals surface area contributed by atoms with Crippen LogP contribution in [-0.4, -0.2) is 13.3 Å². The molecule has 118 valence electrons. The molecule has 0 radical (unpaired) electrons. The molecule has 0 nitrogen and oxygen atoms in total. The first-order chi connectivity index (χ1) is 10.8. The number of alkyl halides is 2. The summed E-state index contributed by atoms with van der Waals surface area (Å²) in [6.45, 7) is -0.453. The molecule has 22 heavy (non-hydrogen) atoms. The van der Waals surface area contributed by atoms with Gasteiger partial charge < -0.3 is 0 Å². The third-order valence-electron chi connectivity index (χ3n) is 3.94. The second-order valence-electron chi connectivity index (χ2n) is 5.69. The van der Waals surface area contributed by atoms with Crippen molar-refractivity contribution >= 4 is 0 Å². The van der Waals surface area contributed by atoms with E-state index in [0.717, 1.165) is 25.7 Å². The maximum Gasteiger partial charge on any atom is 0.0894 e. The van der Waals surface area contributed by atoms with Crippen molar-refractivity contribution in [2.45, 2.75) is 38.5 Å². The van der Waals surface area contributed by atoms with Crippen LogP contribution < -0.4 is 0 Å². The highest BCUT2D eigenvalue weighted by Crippen LogP contribution is 2.21. The van der Waals surface area contributed by atoms with Gasteiger partial charge in [-0.1, -0.05) is 48.5 Å². The summed E-state index contributed by atoms with van der Waals surface area (Å²) in [5.74, 6) is 0. The van der Waals surface area contributed by atoms with Gasteiger partial charge in [0.1, 0.15) is 0 Å².